The highest BCUT2D eigenvalue weighted by Gasteiger charge is 2.26. The fourth-order valence-corrected chi connectivity index (χ4v) is 4.12. The minimum absolute atomic E-state index is 0.181. The Morgan fingerprint density at radius 2 is 1.90 bits per heavy atom. The third-order valence-corrected chi connectivity index (χ3v) is 5.62. The summed E-state index contributed by atoms with van der Waals surface area (Å²) in [6.45, 7) is 0.662. The molecule has 1 aromatic heterocycles. The van der Waals surface area contributed by atoms with Crippen molar-refractivity contribution in [1.29, 1.82) is 0 Å². The predicted octanol–water partition coefficient (Wildman–Crippen LogP) is 2.43. The summed E-state index contributed by atoms with van der Waals surface area (Å²) in [4.78, 5) is 9.95. The Morgan fingerprint density at radius 1 is 1.17 bits per heavy atom. The quantitative estimate of drug-likeness (QED) is 0.483. The van der Waals surface area contributed by atoms with Crippen LogP contribution in [0, 0.1) is 10.1 Å². The fourth-order valence-electron chi connectivity index (χ4n) is 2.92. The van der Waals surface area contributed by atoms with Gasteiger partial charge >= 0.3 is 0 Å². The number of rotatable bonds is 6. The van der Waals surface area contributed by atoms with Crippen molar-refractivity contribution in [2.75, 3.05) is 11.3 Å². The zero-order chi connectivity index (χ0) is 20.4. The third kappa shape index (κ3) is 3.99. The molecule has 0 spiro atoms. The number of para-hydroxylation sites is 3. The van der Waals surface area contributed by atoms with Gasteiger partial charge in [0.05, 0.1) is 23.4 Å². The number of nitrogens with zero attached hydrogens (tertiary/aromatic N) is 3. The average molecular weight is 416 g/mol. The molecular formula is C18H16N4O6S. The molecule has 2 heterocycles. The number of benzene rings is 2. The Hall–Kier alpha value is -3.60. The first-order valence-corrected chi connectivity index (χ1v) is 10.1. The molecule has 0 aliphatic carbocycles. The summed E-state index contributed by atoms with van der Waals surface area (Å²) < 4.78 is 40.5. The van der Waals surface area contributed by atoms with E-state index in [4.69, 9.17) is 9.47 Å². The minimum Gasteiger partial charge on any atom is -0.486 e. The normalized spacial score (nSPS) is 15.7. The van der Waals surface area contributed by atoms with Gasteiger partial charge in [0.15, 0.2) is 22.5 Å². The van der Waals surface area contributed by atoms with Crippen LogP contribution in [0.2, 0.25) is 0 Å². The van der Waals surface area contributed by atoms with Gasteiger partial charge in [0.2, 0.25) is 0 Å². The van der Waals surface area contributed by atoms with Crippen molar-refractivity contribution in [3.05, 3.63) is 71.0 Å². The lowest BCUT2D eigenvalue weighted by molar-refractivity contribution is -0.387. The van der Waals surface area contributed by atoms with Crippen LogP contribution in [0.5, 0.6) is 11.5 Å². The van der Waals surface area contributed by atoms with Crippen LogP contribution < -0.4 is 14.2 Å². The van der Waals surface area contributed by atoms with E-state index in [2.05, 4.69) is 9.82 Å². The summed E-state index contributed by atoms with van der Waals surface area (Å²) in [5, 5.41) is 15.2. The molecule has 0 radical (unpaired) electrons. The molecule has 4 rings (SSSR count). The summed E-state index contributed by atoms with van der Waals surface area (Å²) in [5.74, 6) is 1.30. The molecule has 11 heteroatoms. The standard InChI is InChI=1S/C18H16N4O6S/c23-22(24)15-5-1-4-8-18(15)29(25,26)20-13-9-19-21(10-13)11-14-12-27-16-6-2-3-7-17(16)28-14/h1-10,14,20H,11-12H2. The summed E-state index contributed by atoms with van der Waals surface area (Å²) in [6.07, 6.45) is 2.50. The summed E-state index contributed by atoms with van der Waals surface area (Å²) in [7, 11) is -4.15. The molecule has 0 saturated carbocycles. The van der Waals surface area contributed by atoms with Gasteiger partial charge in [-0.1, -0.05) is 24.3 Å². The van der Waals surface area contributed by atoms with Crippen molar-refractivity contribution in [3.63, 3.8) is 0 Å². The van der Waals surface area contributed by atoms with Crippen molar-refractivity contribution >= 4 is 21.4 Å². The molecule has 1 atom stereocenters. The molecule has 2 aromatic carbocycles. The van der Waals surface area contributed by atoms with Crippen LogP contribution in [0.15, 0.2) is 65.8 Å². The largest absolute Gasteiger partial charge is 0.486 e. The highest BCUT2D eigenvalue weighted by Crippen LogP contribution is 2.31. The van der Waals surface area contributed by atoms with Gasteiger partial charge in [0.1, 0.15) is 6.61 Å². The Balaban J connectivity index is 1.47. The van der Waals surface area contributed by atoms with E-state index in [0.717, 1.165) is 6.07 Å². The smallest absolute Gasteiger partial charge is 0.289 e. The number of anilines is 1. The van der Waals surface area contributed by atoms with E-state index in [9.17, 15) is 18.5 Å². The molecule has 0 fully saturated rings. The predicted molar refractivity (Wildman–Crippen MR) is 102 cm³/mol. The van der Waals surface area contributed by atoms with Crippen LogP contribution in [-0.2, 0) is 16.6 Å². The topological polar surface area (TPSA) is 126 Å². The lowest BCUT2D eigenvalue weighted by atomic mass is 10.2. The number of nitro groups is 1. The molecule has 29 heavy (non-hydrogen) atoms. The maximum absolute atomic E-state index is 12.6. The number of fused-ring (bicyclic) bond motifs is 1. The molecule has 0 saturated heterocycles. The van der Waals surface area contributed by atoms with Crippen LogP contribution in [0.4, 0.5) is 11.4 Å². The Bertz CT molecular complexity index is 1160. The number of sulfonamides is 1. The van der Waals surface area contributed by atoms with E-state index in [-0.39, 0.29) is 11.8 Å². The highest BCUT2D eigenvalue weighted by atomic mass is 32.2. The number of hydrogen-bond acceptors (Lipinski definition) is 7. The molecule has 1 aliphatic heterocycles. The monoisotopic (exact) mass is 416 g/mol. The maximum Gasteiger partial charge on any atom is 0.289 e. The van der Waals surface area contributed by atoms with E-state index in [0.29, 0.717) is 24.7 Å². The molecule has 1 unspecified atom stereocenters. The first-order chi connectivity index (χ1) is 13.9. The SMILES string of the molecule is O=[N+]([O-])c1ccccc1S(=O)(=O)Nc1cnn(CC2COc3ccccc3O2)c1. The van der Waals surface area contributed by atoms with Gasteiger partial charge in [0, 0.05) is 12.3 Å². The molecule has 150 valence electrons. The Morgan fingerprint density at radius 3 is 2.69 bits per heavy atom. The van der Waals surface area contributed by atoms with Crippen LogP contribution in [0.1, 0.15) is 0 Å². The molecule has 0 bridgehead atoms. The van der Waals surface area contributed by atoms with Gasteiger partial charge in [0.25, 0.3) is 15.7 Å². The first-order valence-electron chi connectivity index (χ1n) is 8.59. The van der Waals surface area contributed by atoms with E-state index in [1.54, 1.807) is 6.07 Å². The number of ether oxygens (including phenoxy) is 2. The fraction of sp³-hybridized carbons (Fsp3) is 0.167. The molecular weight excluding hydrogens is 400 g/mol. The second-order valence-electron chi connectivity index (χ2n) is 6.28. The second kappa shape index (κ2) is 7.43. The van der Waals surface area contributed by atoms with Crippen molar-refractivity contribution in [2.45, 2.75) is 17.5 Å². The van der Waals surface area contributed by atoms with Crippen LogP contribution in [0.3, 0.4) is 0 Å². The van der Waals surface area contributed by atoms with Crippen LogP contribution in [-0.4, -0.2) is 35.8 Å². The van der Waals surface area contributed by atoms with E-state index < -0.39 is 25.5 Å². The van der Waals surface area contributed by atoms with Gasteiger partial charge in [-0.2, -0.15) is 5.10 Å². The lowest BCUT2D eigenvalue weighted by Gasteiger charge is -2.26. The molecule has 3 aromatic rings. The van der Waals surface area contributed by atoms with Gasteiger partial charge < -0.3 is 9.47 Å². The van der Waals surface area contributed by atoms with Crippen LogP contribution >= 0.6 is 0 Å². The van der Waals surface area contributed by atoms with E-state index >= 15 is 0 Å². The van der Waals surface area contributed by atoms with Crippen molar-refractivity contribution in [1.82, 2.24) is 9.78 Å². The summed E-state index contributed by atoms with van der Waals surface area (Å²) in [6, 6.07) is 12.4. The first kappa shape index (κ1) is 18.7. The summed E-state index contributed by atoms with van der Waals surface area (Å²) in [5.41, 5.74) is -0.320. The molecule has 1 N–H and O–H groups in total. The average Bonchev–Trinajstić information content (AvgIpc) is 3.14. The van der Waals surface area contributed by atoms with Crippen LogP contribution in [0.25, 0.3) is 0 Å². The highest BCUT2D eigenvalue weighted by molar-refractivity contribution is 7.92. The van der Waals surface area contributed by atoms with Gasteiger partial charge in [-0.25, -0.2) is 8.42 Å². The third-order valence-electron chi connectivity index (χ3n) is 4.20. The van der Waals surface area contributed by atoms with Crippen molar-refractivity contribution < 1.29 is 22.8 Å². The second-order valence-corrected chi connectivity index (χ2v) is 7.93. The zero-order valence-corrected chi connectivity index (χ0v) is 15.8. The van der Waals surface area contributed by atoms with E-state index in [1.165, 1.54) is 35.3 Å². The molecule has 10 nitrogen and oxygen atoms in total. The van der Waals surface area contributed by atoms with Crippen molar-refractivity contribution in [2.24, 2.45) is 0 Å². The maximum atomic E-state index is 12.6. The minimum atomic E-state index is -4.15. The number of hydrogen-bond donors (Lipinski definition) is 1. The van der Waals surface area contributed by atoms with Crippen molar-refractivity contribution in [3.8, 4) is 11.5 Å². The summed E-state index contributed by atoms with van der Waals surface area (Å²) >= 11 is 0. The lowest BCUT2D eigenvalue weighted by Crippen LogP contribution is -2.33. The Labute approximate surface area is 165 Å². The Kier molecular flexibility index (Phi) is 4.80. The molecule has 0 amide bonds. The number of nitrogens with one attached hydrogen (secondary N) is 1. The number of aromatic nitrogens is 2. The van der Waals surface area contributed by atoms with E-state index in [1.807, 2.05) is 18.2 Å². The van der Waals surface area contributed by atoms with Gasteiger partial charge in [-0.15, -0.1) is 0 Å². The molecule has 1 aliphatic rings. The number of nitro benzene ring substituents is 1. The van der Waals surface area contributed by atoms with Gasteiger partial charge in [-0.3, -0.25) is 19.5 Å². The van der Waals surface area contributed by atoms with Gasteiger partial charge in [-0.05, 0) is 18.2 Å². The zero-order valence-electron chi connectivity index (χ0n) is 15.0.